The van der Waals surface area contributed by atoms with Gasteiger partial charge < -0.3 is 4.74 Å². The molecule has 3 aromatic heterocycles. The molecular formula is C14H15N3O3S. The van der Waals surface area contributed by atoms with Crippen LogP contribution < -0.4 is 5.56 Å². The summed E-state index contributed by atoms with van der Waals surface area (Å²) in [5.74, 6) is 0.207. The zero-order chi connectivity index (χ0) is 15.1. The van der Waals surface area contributed by atoms with Crippen LogP contribution in [-0.2, 0) is 9.53 Å². The van der Waals surface area contributed by atoms with Crippen molar-refractivity contribution < 1.29 is 9.53 Å². The van der Waals surface area contributed by atoms with Crippen LogP contribution in [0.5, 0.6) is 0 Å². The minimum absolute atomic E-state index is 0.278. The van der Waals surface area contributed by atoms with Crippen molar-refractivity contribution in [2.75, 3.05) is 6.61 Å². The number of ether oxygens (including phenoxy) is 1. The summed E-state index contributed by atoms with van der Waals surface area (Å²) >= 11 is 1.57. The van der Waals surface area contributed by atoms with Crippen molar-refractivity contribution in [3.63, 3.8) is 0 Å². The molecule has 3 aromatic rings. The fourth-order valence-corrected chi connectivity index (χ4v) is 3.22. The van der Waals surface area contributed by atoms with Crippen LogP contribution in [0, 0.1) is 6.92 Å². The zero-order valence-corrected chi connectivity index (χ0v) is 12.8. The molecule has 0 aliphatic heterocycles. The summed E-state index contributed by atoms with van der Waals surface area (Å²) in [6.07, 6.45) is 0. The Bertz CT molecular complexity index is 890. The van der Waals surface area contributed by atoms with Crippen LogP contribution in [0.2, 0.25) is 0 Å². The fourth-order valence-electron chi connectivity index (χ4n) is 2.42. The quantitative estimate of drug-likeness (QED) is 0.695. The van der Waals surface area contributed by atoms with Gasteiger partial charge in [-0.15, -0.1) is 11.3 Å². The van der Waals surface area contributed by atoms with Gasteiger partial charge in [0, 0.05) is 0 Å². The van der Waals surface area contributed by atoms with E-state index in [1.807, 2.05) is 28.8 Å². The first-order chi connectivity index (χ1) is 10.0. The Labute approximate surface area is 124 Å². The summed E-state index contributed by atoms with van der Waals surface area (Å²) in [5.41, 5.74) is 1.21. The molecule has 0 unspecified atom stereocenters. The molecule has 1 atom stereocenters. The van der Waals surface area contributed by atoms with E-state index in [-0.39, 0.29) is 12.2 Å². The molecule has 6 nitrogen and oxygen atoms in total. The van der Waals surface area contributed by atoms with Gasteiger partial charge in [-0.05, 0) is 38.3 Å². The highest BCUT2D eigenvalue weighted by atomic mass is 32.1. The number of esters is 1. The van der Waals surface area contributed by atoms with Gasteiger partial charge in [-0.2, -0.15) is 5.10 Å². The highest BCUT2D eigenvalue weighted by Crippen LogP contribution is 2.24. The Morgan fingerprint density at radius 1 is 1.48 bits per heavy atom. The summed E-state index contributed by atoms with van der Waals surface area (Å²) < 4.78 is 9.01. The number of thiophene rings is 1. The van der Waals surface area contributed by atoms with E-state index in [1.165, 1.54) is 4.68 Å². The van der Waals surface area contributed by atoms with Crippen LogP contribution >= 0.6 is 11.3 Å². The second kappa shape index (κ2) is 5.00. The Morgan fingerprint density at radius 3 is 2.95 bits per heavy atom. The third-order valence-corrected chi connectivity index (χ3v) is 4.27. The molecule has 0 N–H and O–H groups in total. The highest BCUT2D eigenvalue weighted by molar-refractivity contribution is 7.17. The van der Waals surface area contributed by atoms with Gasteiger partial charge in [-0.25, -0.2) is 9.48 Å². The molecule has 7 heteroatoms. The van der Waals surface area contributed by atoms with Gasteiger partial charge in [0.25, 0.3) is 5.56 Å². The summed E-state index contributed by atoms with van der Waals surface area (Å²) in [6.45, 7) is 5.45. The molecule has 0 saturated carbocycles. The van der Waals surface area contributed by atoms with Gasteiger partial charge in [0.1, 0.15) is 11.3 Å². The van der Waals surface area contributed by atoms with Crippen molar-refractivity contribution in [2.45, 2.75) is 26.8 Å². The summed E-state index contributed by atoms with van der Waals surface area (Å²) in [5, 5.41) is 6.25. The van der Waals surface area contributed by atoms with Gasteiger partial charge >= 0.3 is 5.97 Å². The van der Waals surface area contributed by atoms with Gasteiger partial charge in [0.05, 0.1) is 16.8 Å². The number of hydrogen-bond donors (Lipinski definition) is 0. The second-order valence-electron chi connectivity index (χ2n) is 4.76. The minimum Gasteiger partial charge on any atom is -0.464 e. The molecule has 0 bridgehead atoms. The predicted molar refractivity (Wildman–Crippen MR) is 80.9 cm³/mol. The molecule has 0 aliphatic carbocycles. The number of carbonyl (C=O) groups is 1. The lowest BCUT2D eigenvalue weighted by atomic mass is 10.3. The molecule has 21 heavy (non-hydrogen) atoms. The van der Waals surface area contributed by atoms with Crippen LogP contribution in [0.4, 0.5) is 0 Å². The fraction of sp³-hybridized carbons (Fsp3) is 0.357. The monoisotopic (exact) mass is 305 g/mol. The van der Waals surface area contributed by atoms with E-state index in [0.29, 0.717) is 11.3 Å². The third-order valence-electron chi connectivity index (χ3n) is 3.42. The highest BCUT2D eigenvalue weighted by Gasteiger charge is 2.21. The SMILES string of the molecule is CCOC(=O)[C@@H](C)n1nc(C)n2c(cc3sccc32)c1=O. The number of carbonyl (C=O) groups excluding carboxylic acids is 1. The Kier molecular flexibility index (Phi) is 3.29. The molecule has 0 radical (unpaired) electrons. The minimum atomic E-state index is -0.742. The summed E-state index contributed by atoms with van der Waals surface area (Å²) in [7, 11) is 0. The second-order valence-corrected chi connectivity index (χ2v) is 5.71. The van der Waals surface area contributed by atoms with E-state index in [1.54, 1.807) is 25.2 Å². The first kappa shape index (κ1) is 13.8. The number of rotatable bonds is 3. The molecule has 3 rings (SSSR count). The van der Waals surface area contributed by atoms with E-state index < -0.39 is 12.0 Å². The van der Waals surface area contributed by atoms with Crippen molar-refractivity contribution in [2.24, 2.45) is 0 Å². The smallest absolute Gasteiger partial charge is 0.330 e. The average Bonchev–Trinajstić information content (AvgIpc) is 3.02. The maximum atomic E-state index is 12.6. The largest absolute Gasteiger partial charge is 0.464 e. The van der Waals surface area contributed by atoms with Crippen molar-refractivity contribution in [3.05, 3.63) is 33.7 Å². The normalized spacial score (nSPS) is 12.9. The Morgan fingerprint density at radius 2 is 2.24 bits per heavy atom. The lowest BCUT2D eigenvalue weighted by Gasteiger charge is -2.14. The molecule has 0 fully saturated rings. The molecule has 110 valence electrons. The molecule has 0 aliphatic rings. The molecule has 3 heterocycles. The topological polar surface area (TPSA) is 65.6 Å². The van der Waals surface area contributed by atoms with E-state index in [4.69, 9.17) is 4.74 Å². The van der Waals surface area contributed by atoms with Crippen LogP contribution in [0.15, 0.2) is 22.3 Å². The van der Waals surface area contributed by atoms with Gasteiger partial charge in [-0.1, -0.05) is 0 Å². The maximum absolute atomic E-state index is 12.6. The molecule has 0 saturated heterocycles. The first-order valence-electron chi connectivity index (χ1n) is 6.69. The van der Waals surface area contributed by atoms with Gasteiger partial charge in [0.15, 0.2) is 6.04 Å². The lowest BCUT2D eigenvalue weighted by molar-refractivity contribution is -0.147. The van der Waals surface area contributed by atoms with Crippen molar-refractivity contribution in [3.8, 4) is 0 Å². The van der Waals surface area contributed by atoms with Crippen molar-refractivity contribution in [1.82, 2.24) is 14.2 Å². The predicted octanol–water partition coefficient (Wildman–Crippen LogP) is 2.14. The first-order valence-corrected chi connectivity index (χ1v) is 7.57. The number of hydrogen-bond acceptors (Lipinski definition) is 5. The molecule has 0 aromatic carbocycles. The van der Waals surface area contributed by atoms with Crippen LogP contribution in [-0.4, -0.2) is 26.8 Å². The van der Waals surface area contributed by atoms with Crippen LogP contribution in [0.25, 0.3) is 15.7 Å². The van der Waals surface area contributed by atoms with E-state index in [0.717, 1.165) is 10.2 Å². The third kappa shape index (κ3) is 2.04. The number of aryl methyl sites for hydroxylation is 1. The Hall–Kier alpha value is -2.15. The molecular weight excluding hydrogens is 290 g/mol. The van der Waals surface area contributed by atoms with Crippen LogP contribution in [0.1, 0.15) is 25.7 Å². The van der Waals surface area contributed by atoms with E-state index in [9.17, 15) is 9.59 Å². The molecule has 0 spiro atoms. The lowest BCUT2D eigenvalue weighted by Crippen LogP contribution is -2.33. The van der Waals surface area contributed by atoms with Crippen molar-refractivity contribution in [1.29, 1.82) is 0 Å². The standard InChI is InChI=1S/C14H15N3O3S/c1-4-20-14(19)8(2)17-13(18)11-7-12-10(5-6-21-12)16(11)9(3)15-17/h5-8H,4H2,1-3H3/t8-/m1/s1. The summed E-state index contributed by atoms with van der Waals surface area (Å²) in [6, 6.07) is 3.06. The van der Waals surface area contributed by atoms with Gasteiger partial charge in [0.2, 0.25) is 0 Å². The Balaban J connectivity index is 2.24. The number of aromatic nitrogens is 3. The number of fused-ring (bicyclic) bond motifs is 3. The van der Waals surface area contributed by atoms with E-state index >= 15 is 0 Å². The maximum Gasteiger partial charge on any atom is 0.330 e. The molecule has 0 amide bonds. The zero-order valence-electron chi connectivity index (χ0n) is 12.0. The summed E-state index contributed by atoms with van der Waals surface area (Å²) in [4.78, 5) is 24.4. The average molecular weight is 305 g/mol. The van der Waals surface area contributed by atoms with Crippen LogP contribution in [0.3, 0.4) is 0 Å². The number of nitrogens with zero attached hydrogens (tertiary/aromatic N) is 3. The van der Waals surface area contributed by atoms with Crippen molar-refractivity contribution >= 4 is 33.0 Å². The van der Waals surface area contributed by atoms with E-state index in [2.05, 4.69) is 5.10 Å². The van der Waals surface area contributed by atoms with Gasteiger partial charge in [-0.3, -0.25) is 9.20 Å².